The number of aliphatic hydroxyl groups excluding tert-OH is 17. The average molecular weight is 1620 g/mol. The van der Waals surface area contributed by atoms with Gasteiger partial charge >= 0.3 is 29.8 Å². The van der Waals surface area contributed by atoms with Gasteiger partial charge in [-0.3, -0.25) is 9.59 Å². The number of benzene rings is 4. The maximum Gasteiger partial charge on any atom is 0.330 e. The van der Waals surface area contributed by atoms with Crippen molar-refractivity contribution in [3.63, 3.8) is 0 Å². The second kappa shape index (κ2) is 38.1. The number of aliphatic carboxylic acids is 1. The predicted molar refractivity (Wildman–Crippen MR) is 376 cm³/mol. The molecule has 40 heteroatoms. The fraction of sp³-hybridized carbons (Fsp3) is 0.427. The topological polar surface area (TPSA) is 628 Å². The Morgan fingerprint density at radius 3 is 1.23 bits per heavy atom. The van der Waals surface area contributed by atoms with Crippen LogP contribution in [0.3, 0.4) is 0 Å². The molecule has 0 saturated carbocycles. The second-order valence-electron chi connectivity index (χ2n) is 26.8. The van der Waals surface area contributed by atoms with E-state index in [0.29, 0.717) is 16.7 Å². The number of aliphatic hydroxyl groups is 17. The smallest absolute Gasteiger partial charge is 0.330 e. The third-order valence-electron chi connectivity index (χ3n) is 18.7. The zero-order valence-corrected chi connectivity index (χ0v) is 59.7. The number of phenolic OH excluding ortho intramolecular Hbond substituents is 2. The van der Waals surface area contributed by atoms with E-state index in [4.69, 9.17) is 76.2 Å². The highest BCUT2D eigenvalue weighted by Gasteiger charge is 2.51. The minimum absolute atomic E-state index is 0.0209. The lowest BCUT2D eigenvalue weighted by atomic mass is 9.97. The normalized spacial score (nSPS) is 33.5. The molecular weight excluding hydrogens is 1540 g/mol. The number of phenols is 2. The zero-order chi connectivity index (χ0) is 82.8. The van der Waals surface area contributed by atoms with Gasteiger partial charge < -0.3 is 173 Å². The summed E-state index contributed by atoms with van der Waals surface area (Å²) >= 11 is 0. The van der Waals surface area contributed by atoms with Gasteiger partial charge in [0.25, 0.3) is 0 Å². The third kappa shape index (κ3) is 21.2. The molecule has 0 amide bonds. The highest BCUT2D eigenvalue weighted by molar-refractivity contribution is 5.90. The second-order valence-corrected chi connectivity index (χ2v) is 26.8. The molecule has 4 aromatic carbocycles. The van der Waals surface area contributed by atoms with Gasteiger partial charge in [0.2, 0.25) is 25.2 Å². The number of carboxylic acids is 1. The van der Waals surface area contributed by atoms with E-state index >= 15 is 0 Å². The van der Waals surface area contributed by atoms with E-state index in [1.54, 1.807) is 0 Å². The van der Waals surface area contributed by atoms with E-state index in [2.05, 4.69) is 0 Å². The largest absolute Gasteiger partial charge is 0.508 e. The van der Waals surface area contributed by atoms with Crippen molar-refractivity contribution in [2.75, 3.05) is 33.0 Å². The maximum absolute atomic E-state index is 13.1. The van der Waals surface area contributed by atoms with Crippen LogP contribution in [0.1, 0.15) is 28.7 Å². The molecule has 1 unspecified atom stereocenters. The summed E-state index contributed by atoms with van der Waals surface area (Å²) in [5.41, 5.74) is 0.921. The quantitative estimate of drug-likeness (QED) is 0.0110. The van der Waals surface area contributed by atoms with Crippen molar-refractivity contribution in [1.82, 2.24) is 0 Å². The Bertz CT molecular complexity index is 4270. The summed E-state index contributed by atoms with van der Waals surface area (Å²) in [6, 6.07) is 20.5. The number of carboxylic acid groups (broad SMARTS) is 1. The highest BCUT2D eigenvalue weighted by atomic mass is 16.7. The Morgan fingerprint density at radius 2 is 0.791 bits per heavy atom. The molecule has 6 heterocycles. The summed E-state index contributed by atoms with van der Waals surface area (Å²) in [5, 5.41) is 212. The van der Waals surface area contributed by atoms with Crippen molar-refractivity contribution >= 4 is 53.8 Å². The van der Waals surface area contributed by atoms with Crippen LogP contribution in [0.5, 0.6) is 28.7 Å². The molecule has 7 aliphatic rings. The van der Waals surface area contributed by atoms with Crippen molar-refractivity contribution in [3.05, 3.63) is 173 Å². The first-order chi connectivity index (χ1) is 54.8. The maximum atomic E-state index is 13.1. The van der Waals surface area contributed by atoms with E-state index in [1.807, 2.05) is 0 Å². The Kier molecular flexibility index (Phi) is 28.5. The van der Waals surface area contributed by atoms with Crippen LogP contribution >= 0.6 is 0 Å². The lowest BCUT2D eigenvalue weighted by Gasteiger charge is -2.41. The van der Waals surface area contributed by atoms with Crippen LogP contribution in [0.15, 0.2) is 150 Å². The molecule has 26 atom stereocenters. The highest BCUT2D eigenvalue weighted by Crippen LogP contribution is 2.43. The minimum atomic E-state index is -2.14. The Morgan fingerprint density at radius 1 is 0.409 bits per heavy atom. The number of ether oxygens (including phenoxy) is 15. The van der Waals surface area contributed by atoms with Crippen LogP contribution in [0, 0.1) is 0 Å². The molecule has 40 nitrogen and oxygen atoms in total. The molecule has 1 aliphatic carbocycles. The first kappa shape index (κ1) is 85.8. The number of carbonyl (C=O) groups excluding carboxylic acids is 4. The van der Waals surface area contributed by atoms with Gasteiger partial charge in [0.15, 0.2) is 29.3 Å². The van der Waals surface area contributed by atoms with Crippen molar-refractivity contribution in [2.45, 2.75) is 166 Å². The van der Waals surface area contributed by atoms with Crippen LogP contribution in [-0.4, -0.2) is 325 Å². The van der Waals surface area contributed by atoms with Crippen LogP contribution in [0.25, 0.3) is 24.0 Å². The number of allylic oxidation sites excluding steroid dienone is 1. The molecule has 11 rings (SSSR count). The van der Waals surface area contributed by atoms with Gasteiger partial charge in [-0.1, -0.05) is 36.4 Å². The average Bonchev–Trinajstić information content (AvgIpc) is 0.764. The van der Waals surface area contributed by atoms with Gasteiger partial charge in [-0.15, -0.1) is 0 Å². The summed E-state index contributed by atoms with van der Waals surface area (Å²) in [5.74, 6) is -8.69. The van der Waals surface area contributed by atoms with Crippen LogP contribution in [-0.2, 0) is 80.8 Å². The van der Waals surface area contributed by atoms with Gasteiger partial charge in [0, 0.05) is 23.8 Å². The molecule has 0 aromatic heterocycles. The number of hydrogen-bond acceptors (Lipinski definition) is 39. The van der Waals surface area contributed by atoms with Gasteiger partial charge in [0.1, 0.15) is 190 Å². The van der Waals surface area contributed by atoms with Gasteiger partial charge in [-0.05, 0) is 108 Å². The SMILES string of the molecule is O=C(O)CC(=O)OC[C@H]1O[C@@H](OC2=C(c3ccc(O)c(O[C@@H]4O[C@H](COC(=O)/C=C/c5ccc(O[C@@H]6O[C@H](COC(=O)/C=C/c7ccc(O[C@@H]8O[C@H](CO)[C@@H](O)[C@H](O)[C@H]8O)cc7)[C@@H](O)[C@H](O)[C@H]6O)cc5)[C@@H](O)[C@H](O)[C@H]4O)c3)OC3=CC(O[C@@H]4O[C@H](COC(=O)C=Cc5ccc(O)cc5)[C@@H](O)[C@H](O)[C@H]4O)C=C(O)C3=C2)[C@H](O)[C@@H](O)[C@@H]1O. The van der Waals surface area contributed by atoms with Crippen LogP contribution in [0.4, 0.5) is 0 Å². The number of rotatable bonds is 28. The van der Waals surface area contributed by atoms with Gasteiger partial charge in [-0.2, -0.15) is 0 Å². The number of esters is 4. The number of aromatic hydroxyl groups is 2. The summed E-state index contributed by atoms with van der Waals surface area (Å²) in [7, 11) is 0. The molecular formula is C75H82O40. The third-order valence-corrected chi connectivity index (χ3v) is 18.7. The number of carbonyl (C=O) groups is 5. The molecule has 0 bridgehead atoms. The standard InChI is InChI=1S/C75H82O40/c76-26-45-55(86)60(91)65(96)71(111-45)105-36-13-3-32(4-14-36)8-19-52(83)101-27-46-56(87)61(92)66(97)72(112-46)106-37-15-5-33(6-16-37)9-20-53(84)103-29-48-58(89)63(94)68(99)74(114-48)109-43-21-34(10-17-40(43)78)70-44(110-75-69(100)64(95)59(90)49(115-75)30-104-54(85)25-50(80)81)24-39-41(79)22-38(23-42(39)108-70)107-73-67(98)62(93)57(88)47(113-73)28-102-51(82)18-7-31-1-11-35(77)12-2-31/h1-24,38,45-49,55-69,71-79,86-100H,25-30H2,(H,80,81)/b18-7?,19-8+,20-9+/t38?,45-,46-,47-,48-,49-,55-,56-,57-,58-,59-,60+,61+,62+,63+,64+,65-,66-,67-,68-,69-,71-,72-,73-,74-,75-/m1/s1. The van der Waals surface area contributed by atoms with Gasteiger partial charge in [-0.25, -0.2) is 14.4 Å². The van der Waals surface area contributed by atoms with E-state index in [-0.39, 0.29) is 34.1 Å². The molecule has 0 radical (unpaired) electrons. The summed E-state index contributed by atoms with van der Waals surface area (Å²) < 4.78 is 84.5. The van der Waals surface area contributed by atoms with Crippen molar-refractivity contribution in [3.8, 4) is 28.7 Å². The Labute approximate surface area is 649 Å². The first-order valence-corrected chi connectivity index (χ1v) is 35.2. The van der Waals surface area contributed by atoms with E-state index < -0.39 is 258 Å². The van der Waals surface area contributed by atoms with E-state index in [1.165, 1.54) is 103 Å². The number of fused-ring (bicyclic) bond motifs is 1. The molecule has 5 fully saturated rings. The number of hydrogen-bond donors (Lipinski definition) is 20. The summed E-state index contributed by atoms with van der Waals surface area (Å²) in [6.07, 6.45) is -37.1. The molecule has 115 heavy (non-hydrogen) atoms. The first-order valence-electron chi connectivity index (χ1n) is 35.2. The molecule has 622 valence electrons. The van der Waals surface area contributed by atoms with Crippen molar-refractivity contribution in [2.24, 2.45) is 0 Å². The molecule has 0 spiro atoms. The lowest BCUT2D eigenvalue weighted by Crippen LogP contribution is -2.60. The molecule has 20 N–H and O–H groups in total. The fourth-order valence-electron chi connectivity index (χ4n) is 12.2. The predicted octanol–water partition coefficient (Wildman–Crippen LogP) is -4.58. The molecule has 4 aromatic rings. The zero-order valence-electron chi connectivity index (χ0n) is 59.7. The van der Waals surface area contributed by atoms with Crippen LogP contribution < -0.4 is 14.2 Å². The molecule has 6 aliphatic heterocycles. The molecule has 5 saturated heterocycles. The summed E-state index contributed by atoms with van der Waals surface area (Å²) in [4.78, 5) is 61.8. The lowest BCUT2D eigenvalue weighted by molar-refractivity contribution is -0.305. The summed E-state index contributed by atoms with van der Waals surface area (Å²) in [6.45, 7) is -3.66. The van der Waals surface area contributed by atoms with Crippen molar-refractivity contribution < 1.29 is 197 Å². The van der Waals surface area contributed by atoms with Crippen molar-refractivity contribution in [1.29, 1.82) is 0 Å². The van der Waals surface area contributed by atoms with Crippen LogP contribution in [0.2, 0.25) is 0 Å². The Balaban J connectivity index is 0.719. The minimum Gasteiger partial charge on any atom is -0.508 e. The van der Waals surface area contributed by atoms with E-state index in [9.17, 15) is 121 Å². The Hall–Kier alpha value is -10.1. The van der Waals surface area contributed by atoms with Gasteiger partial charge in [0.05, 0.1) is 12.2 Å². The van der Waals surface area contributed by atoms with E-state index in [0.717, 1.165) is 42.5 Å². The fourth-order valence-corrected chi connectivity index (χ4v) is 12.2. The monoisotopic (exact) mass is 1620 g/mol.